The van der Waals surface area contributed by atoms with Crippen molar-refractivity contribution in [1.82, 2.24) is 25.5 Å². The summed E-state index contributed by atoms with van der Waals surface area (Å²) in [4.78, 5) is 10.4. The summed E-state index contributed by atoms with van der Waals surface area (Å²) in [5, 5.41) is 23.3. The van der Waals surface area contributed by atoms with E-state index >= 15 is 4.39 Å². The molecule has 4 heterocycles. The van der Waals surface area contributed by atoms with E-state index in [0.717, 1.165) is 32.1 Å². The highest BCUT2D eigenvalue weighted by atomic mass is 32.2. The van der Waals surface area contributed by atoms with Crippen LogP contribution in [0.3, 0.4) is 0 Å². The third-order valence-electron chi connectivity index (χ3n) is 7.22. The first-order valence-electron chi connectivity index (χ1n) is 11.9. The van der Waals surface area contributed by atoms with Crippen LogP contribution in [0.1, 0.15) is 32.1 Å². The molecule has 7 nitrogen and oxygen atoms in total. The lowest BCUT2D eigenvalue weighted by Crippen LogP contribution is -2.57. The van der Waals surface area contributed by atoms with Crippen LogP contribution in [0.5, 0.6) is 5.75 Å². The monoisotopic (exact) mass is 496 g/mol. The number of benzene rings is 1. The molecule has 182 valence electrons. The minimum absolute atomic E-state index is 0.00734. The van der Waals surface area contributed by atoms with Gasteiger partial charge in [0.05, 0.1) is 17.3 Å². The molecule has 0 unspecified atom stereocenters. The van der Waals surface area contributed by atoms with E-state index in [1.807, 2.05) is 11.2 Å². The van der Waals surface area contributed by atoms with Crippen molar-refractivity contribution in [3.63, 3.8) is 0 Å². The predicted molar refractivity (Wildman–Crippen MR) is 131 cm³/mol. The Hall–Kier alpha value is -2.85. The van der Waals surface area contributed by atoms with Crippen molar-refractivity contribution in [1.29, 1.82) is 0 Å². The first kappa shape index (κ1) is 22.6. The Morgan fingerprint density at radius 3 is 2.66 bits per heavy atom. The van der Waals surface area contributed by atoms with Gasteiger partial charge in [-0.3, -0.25) is 0 Å². The molecule has 2 bridgehead atoms. The van der Waals surface area contributed by atoms with Crippen molar-refractivity contribution < 1.29 is 13.9 Å². The molecule has 2 N–H and O–H groups in total. The zero-order valence-corrected chi connectivity index (χ0v) is 20.1. The maximum Gasteiger partial charge on any atom is 0.245 e. The van der Waals surface area contributed by atoms with Gasteiger partial charge in [0.1, 0.15) is 17.6 Å². The molecule has 3 aromatic rings. The van der Waals surface area contributed by atoms with Crippen LogP contribution >= 0.6 is 11.8 Å². The molecule has 0 radical (unpaired) electrons. The van der Waals surface area contributed by atoms with Gasteiger partial charge in [-0.25, -0.2) is 14.4 Å². The number of pyridine rings is 1. The molecule has 4 atom stereocenters. The Labute approximate surface area is 206 Å². The minimum Gasteiger partial charge on any atom is -0.507 e. The van der Waals surface area contributed by atoms with Gasteiger partial charge in [0.25, 0.3) is 0 Å². The predicted octanol–water partition coefficient (Wildman–Crippen LogP) is 4.37. The van der Waals surface area contributed by atoms with Gasteiger partial charge < -0.3 is 15.3 Å². The average Bonchev–Trinajstić information content (AvgIpc) is 3.62. The Kier molecular flexibility index (Phi) is 5.80. The molecule has 0 spiro atoms. The summed E-state index contributed by atoms with van der Waals surface area (Å²) in [6.07, 6.45) is 7.09. The number of thioether (sulfide) groups is 1. The lowest BCUT2D eigenvalue weighted by Gasteiger charge is -2.40. The molecule has 1 aromatic carbocycles. The van der Waals surface area contributed by atoms with E-state index in [0.29, 0.717) is 39.4 Å². The summed E-state index contributed by atoms with van der Waals surface area (Å²) in [5.74, 6) is -0.135. The zero-order valence-electron chi connectivity index (χ0n) is 19.2. The van der Waals surface area contributed by atoms with Crippen LogP contribution in [-0.2, 0) is 0 Å². The van der Waals surface area contributed by atoms with E-state index in [1.54, 1.807) is 30.5 Å². The van der Waals surface area contributed by atoms with Crippen LogP contribution in [0.4, 0.5) is 14.7 Å². The van der Waals surface area contributed by atoms with E-state index in [2.05, 4.69) is 25.5 Å². The van der Waals surface area contributed by atoms with Gasteiger partial charge in [-0.05, 0) is 67.7 Å². The molecule has 3 aliphatic rings. The zero-order chi connectivity index (χ0) is 24.1. The summed E-state index contributed by atoms with van der Waals surface area (Å²) in [6, 6.07) is 8.45. The number of rotatable bonds is 6. The number of alkyl halides is 1. The number of phenolic OH excluding ortho intramolecular Hbond substituents is 1. The van der Waals surface area contributed by atoms with Crippen LogP contribution in [0.25, 0.3) is 22.4 Å². The summed E-state index contributed by atoms with van der Waals surface area (Å²) < 4.78 is 29.1. The molecule has 3 fully saturated rings. The molecule has 2 aromatic heterocycles. The van der Waals surface area contributed by atoms with Gasteiger partial charge in [-0.1, -0.05) is 6.07 Å². The Morgan fingerprint density at radius 1 is 1.09 bits per heavy atom. The third-order valence-corrected chi connectivity index (χ3v) is 7.85. The molecule has 2 aliphatic heterocycles. The Morgan fingerprint density at radius 2 is 1.94 bits per heavy atom. The summed E-state index contributed by atoms with van der Waals surface area (Å²) in [6.45, 7) is 0. The number of piperidine rings is 1. The first-order valence-corrected chi connectivity index (χ1v) is 13.2. The number of hydrogen-bond acceptors (Lipinski definition) is 8. The van der Waals surface area contributed by atoms with Crippen LogP contribution in [0.2, 0.25) is 0 Å². The molecular weight excluding hydrogens is 470 g/mol. The third kappa shape index (κ3) is 4.33. The first-order chi connectivity index (χ1) is 17.0. The lowest BCUT2D eigenvalue weighted by atomic mass is 9.96. The standard InChI is InChI=1S/C25H26F2N6OS/c1-35-23-10-14(9-22(26)30-23)13-2-6-17(21(34)8-13)19-12-28-25(32-31-19)33(16-4-5-16)20-11-15-3-7-18(29-15)24(20)27/h2,6,8-10,12,15-16,18,20,24,29,34H,3-5,7,11H2,1H3/t15-,18-,20+,24-/m0/s1. The fourth-order valence-corrected chi connectivity index (χ4v) is 5.78. The topological polar surface area (TPSA) is 87.1 Å². The smallest absolute Gasteiger partial charge is 0.245 e. The summed E-state index contributed by atoms with van der Waals surface area (Å²) in [7, 11) is 0. The number of aromatic nitrogens is 4. The molecule has 2 saturated heterocycles. The number of nitrogens with zero attached hydrogens (tertiary/aromatic N) is 5. The Balaban J connectivity index is 1.26. The van der Waals surface area contributed by atoms with Gasteiger partial charge in [0.2, 0.25) is 11.9 Å². The highest BCUT2D eigenvalue weighted by Gasteiger charge is 2.48. The Bertz CT molecular complexity index is 1240. The molecule has 0 amide bonds. The molecule has 1 saturated carbocycles. The second-order valence-electron chi connectivity index (χ2n) is 9.53. The molecule has 1 aliphatic carbocycles. The largest absolute Gasteiger partial charge is 0.507 e. The number of halogens is 2. The van der Waals surface area contributed by atoms with Crippen molar-refractivity contribution in [3.8, 4) is 28.1 Å². The lowest BCUT2D eigenvalue weighted by molar-refractivity contribution is 0.171. The van der Waals surface area contributed by atoms with Crippen molar-refractivity contribution in [3.05, 3.63) is 42.5 Å². The molecule has 6 rings (SSSR count). The number of fused-ring (bicyclic) bond motifs is 2. The van der Waals surface area contributed by atoms with E-state index < -0.39 is 12.1 Å². The molecule has 10 heteroatoms. The van der Waals surface area contributed by atoms with E-state index in [9.17, 15) is 9.50 Å². The van der Waals surface area contributed by atoms with Crippen molar-refractivity contribution in [2.24, 2.45) is 0 Å². The normalized spacial score (nSPS) is 25.6. The van der Waals surface area contributed by atoms with Crippen LogP contribution in [-0.4, -0.2) is 61.9 Å². The SMILES string of the molecule is CSc1cc(-c2ccc(-c3cnc(N(C4CC4)[C@@H]4C[C@@H]5CC[C@H](N5)[C@@H]4F)nn3)c(O)c2)cc(F)n1. The van der Waals surface area contributed by atoms with Gasteiger partial charge in [0.15, 0.2) is 0 Å². The van der Waals surface area contributed by atoms with Crippen molar-refractivity contribution in [2.75, 3.05) is 11.2 Å². The molecular formula is C25H26F2N6OS. The minimum atomic E-state index is -0.959. The van der Waals surface area contributed by atoms with Gasteiger partial charge in [0, 0.05) is 29.8 Å². The quantitative estimate of drug-likeness (QED) is 0.384. The van der Waals surface area contributed by atoms with Crippen molar-refractivity contribution in [2.45, 2.75) is 67.5 Å². The van der Waals surface area contributed by atoms with Gasteiger partial charge in [-0.2, -0.15) is 4.39 Å². The van der Waals surface area contributed by atoms with Crippen molar-refractivity contribution >= 4 is 17.7 Å². The summed E-state index contributed by atoms with van der Waals surface area (Å²) in [5.41, 5.74) is 2.18. The van der Waals surface area contributed by atoms with E-state index in [4.69, 9.17) is 0 Å². The second kappa shape index (κ2) is 8.98. The number of anilines is 1. The number of nitrogens with one attached hydrogen (secondary N) is 1. The molecule has 35 heavy (non-hydrogen) atoms. The maximum atomic E-state index is 15.3. The number of phenols is 1. The fraction of sp³-hybridized carbons (Fsp3) is 0.440. The van der Waals surface area contributed by atoms with E-state index in [-0.39, 0.29) is 23.9 Å². The van der Waals surface area contributed by atoms with Gasteiger partial charge in [-0.15, -0.1) is 22.0 Å². The van der Waals surface area contributed by atoms with Gasteiger partial charge >= 0.3 is 0 Å². The summed E-state index contributed by atoms with van der Waals surface area (Å²) >= 11 is 1.35. The van der Waals surface area contributed by atoms with Crippen LogP contribution in [0.15, 0.2) is 41.6 Å². The maximum absolute atomic E-state index is 15.3. The van der Waals surface area contributed by atoms with Crippen LogP contribution in [0, 0.1) is 5.95 Å². The van der Waals surface area contributed by atoms with E-state index in [1.165, 1.54) is 17.8 Å². The highest BCUT2D eigenvalue weighted by Crippen LogP contribution is 2.40. The van der Waals surface area contributed by atoms with Crippen LogP contribution < -0.4 is 10.2 Å². The number of aromatic hydroxyl groups is 1. The highest BCUT2D eigenvalue weighted by molar-refractivity contribution is 7.98. The fourth-order valence-electron chi connectivity index (χ4n) is 5.36. The number of hydrogen-bond donors (Lipinski definition) is 2. The second-order valence-corrected chi connectivity index (χ2v) is 10.4. The average molecular weight is 497 g/mol.